The van der Waals surface area contributed by atoms with Crippen LogP contribution in [-0.4, -0.2) is 23.1 Å². The molecule has 0 bridgehead atoms. The summed E-state index contributed by atoms with van der Waals surface area (Å²) < 4.78 is 5.55. The predicted molar refractivity (Wildman–Crippen MR) is 83.4 cm³/mol. The first kappa shape index (κ1) is 14.9. The number of allylic oxidation sites excluding steroid dienone is 4. The van der Waals surface area contributed by atoms with Crippen LogP contribution >= 0.6 is 0 Å². The third-order valence-corrected chi connectivity index (χ3v) is 6.85. The maximum absolute atomic E-state index is 11.9. The molecular weight excluding hydrogens is 292 g/mol. The summed E-state index contributed by atoms with van der Waals surface area (Å²) in [5.74, 6) is -0.0727. The second kappa shape index (κ2) is 4.65. The molecule has 5 atom stereocenters. The number of hydrogen-bond acceptors (Lipinski definition) is 4. The smallest absolute Gasteiger partial charge is 0.375 e. The number of rotatable bonds is 0. The Bertz CT molecular complexity index is 673. The summed E-state index contributed by atoms with van der Waals surface area (Å²) in [6.45, 7) is 4.21. The van der Waals surface area contributed by atoms with Crippen molar-refractivity contribution < 1.29 is 19.1 Å². The average Bonchev–Trinajstić information content (AvgIpc) is 2.49. The van der Waals surface area contributed by atoms with Crippen LogP contribution in [0.1, 0.15) is 46.0 Å². The molecule has 1 heterocycles. The number of ketones is 2. The summed E-state index contributed by atoms with van der Waals surface area (Å²) in [6, 6.07) is 0. The normalized spacial score (nSPS) is 45.6. The topological polar surface area (TPSA) is 60.4 Å². The van der Waals surface area contributed by atoms with Crippen molar-refractivity contribution in [2.45, 2.75) is 51.6 Å². The van der Waals surface area contributed by atoms with Crippen molar-refractivity contribution in [3.63, 3.8) is 0 Å². The molecule has 2 saturated carbocycles. The van der Waals surface area contributed by atoms with E-state index in [0.717, 1.165) is 25.7 Å². The van der Waals surface area contributed by atoms with Crippen molar-refractivity contribution in [3.8, 4) is 0 Å². The molecule has 0 aromatic heterocycles. The Morgan fingerprint density at radius 2 is 1.91 bits per heavy atom. The summed E-state index contributed by atoms with van der Waals surface area (Å²) >= 11 is 0. The van der Waals surface area contributed by atoms with E-state index in [1.165, 1.54) is 5.57 Å². The minimum Gasteiger partial charge on any atom is -0.453 e. The summed E-state index contributed by atoms with van der Waals surface area (Å²) in [5.41, 5.74) is 0.634. The van der Waals surface area contributed by atoms with Crippen LogP contribution in [0.4, 0.5) is 0 Å². The van der Waals surface area contributed by atoms with Crippen molar-refractivity contribution in [1.82, 2.24) is 0 Å². The van der Waals surface area contributed by atoms with Gasteiger partial charge in [-0.3, -0.25) is 9.59 Å². The fraction of sp³-hybridized carbons (Fsp3) is 0.632. The van der Waals surface area contributed by atoms with Gasteiger partial charge in [-0.1, -0.05) is 18.6 Å². The zero-order valence-corrected chi connectivity index (χ0v) is 13.6. The molecule has 1 aliphatic heterocycles. The van der Waals surface area contributed by atoms with E-state index in [0.29, 0.717) is 18.3 Å². The van der Waals surface area contributed by atoms with Crippen molar-refractivity contribution in [3.05, 3.63) is 23.8 Å². The summed E-state index contributed by atoms with van der Waals surface area (Å²) in [4.78, 5) is 35.4. The van der Waals surface area contributed by atoms with E-state index in [-0.39, 0.29) is 22.9 Å². The van der Waals surface area contributed by atoms with Gasteiger partial charge in [-0.15, -0.1) is 0 Å². The van der Waals surface area contributed by atoms with Gasteiger partial charge in [0.25, 0.3) is 0 Å². The summed E-state index contributed by atoms with van der Waals surface area (Å²) in [6.07, 6.45) is 9.49. The standard InChI is InChI=1S/C19H22O4/c1-18-7-5-12(20)9-11(18)3-4-13-14(18)6-8-19(2)15(13)10-16(21)17(22)23-19/h5,7,9,13-15H,3-4,6,8,10H2,1-2H3/t13-,14+,15+,18+,19+/m1/s1. The number of ether oxygens (including phenoxy) is 1. The van der Waals surface area contributed by atoms with Gasteiger partial charge in [0.2, 0.25) is 5.78 Å². The van der Waals surface area contributed by atoms with E-state index in [1.807, 2.05) is 6.92 Å². The molecule has 4 heteroatoms. The molecule has 0 unspecified atom stereocenters. The molecule has 0 N–H and O–H groups in total. The van der Waals surface area contributed by atoms with Gasteiger partial charge >= 0.3 is 5.97 Å². The fourth-order valence-corrected chi connectivity index (χ4v) is 5.53. The van der Waals surface area contributed by atoms with E-state index in [9.17, 15) is 14.4 Å². The van der Waals surface area contributed by atoms with Gasteiger partial charge in [0.1, 0.15) is 5.60 Å². The lowest BCUT2D eigenvalue weighted by molar-refractivity contribution is -0.194. The number of fused-ring (bicyclic) bond motifs is 5. The number of carbonyl (C=O) groups excluding carboxylic acids is 3. The van der Waals surface area contributed by atoms with Gasteiger partial charge in [-0.2, -0.15) is 0 Å². The number of esters is 1. The molecule has 23 heavy (non-hydrogen) atoms. The second-order valence-corrected chi connectivity index (χ2v) is 7.97. The van der Waals surface area contributed by atoms with E-state index < -0.39 is 11.6 Å². The molecule has 4 nitrogen and oxygen atoms in total. The van der Waals surface area contributed by atoms with E-state index >= 15 is 0 Å². The molecule has 4 aliphatic rings. The van der Waals surface area contributed by atoms with Crippen LogP contribution in [0.25, 0.3) is 0 Å². The molecule has 0 aromatic carbocycles. The quantitative estimate of drug-likeness (QED) is 0.509. The van der Waals surface area contributed by atoms with Gasteiger partial charge in [0.15, 0.2) is 5.78 Å². The molecule has 122 valence electrons. The minimum absolute atomic E-state index is 0.0818. The van der Waals surface area contributed by atoms with E-state index in [4.69, 9.17) is 4.74 Å². The Morgan fingerprint density at radius 3 is 2.70 bits per heavy atom. The molecule has 0 radical (unpaired) electrons. The average molecular weight is 314 g/mol. The number of hydrogen-bond donors (Lipinski definition) is 0. The van der Waals surface area contributed by atoms with Gasteiger partial charge in [0.05, 0.1) is 0 Å². The zero-order valence-electron chi connectivity index (χ0n) is 13.6. The highest BCUT2D eigenvalue weighted by Gasteiger charge is 2.58. The summed E-state index contributed by atoms with van der Waals surface area (Å²) in [7, 11) is 0. The van der Waals surface area contributed by atoms with Crippen molar-refractivity contribution in [2.24, 2.45) is 23.2 Å². The predicted octanol–water partition coefficient (Wildman–Crippen LogP) is 2.77. The van der Waals surface area contributed by atoms with Gasteiger partial charge in [-0.25, -0.2) is 4.79 Å². The van der Waals surface area contributed by atoms with E-state index in [2.05, 4.69) is 13.0 Å². The van der Waals surface area contributed by atoms with Crippen molar-refractivity contribution >= 4 is 17.5 Å². The van der Waals surface area contributed by atoms with Crippen LogP contribution in [-0.2, 0) is 19.1 Å². The molecule has 0 aromatic rings. The maximum Gasteiger partial charge on any atom is 0.375 e. The molecule has 1 saturated heterocycles. The molecule has 3 aliphatic carbocycles. The van der Waals surface area contributed by atoms with Crippen LogP contribution in [0.3, 0.4) is 0 Å². The first-order valence-corrected chi connectivity index (χ1v) is 8.54. The largest absolute Gasteiger partial charge is 0.453 e. The van der Waals surface area contributed by atoms with Crippen molar-refractivity contribution in [2.75, 3.05) is 0 Å². The number of Topliss-reactive ketones (excluding diaryl/α,β-unsaturated/α-hetero) is 1. The monoisotopic (exact) mass is 314 g/mol. The Hall–Kier alpha value is -1.71. The summed E-state index contributed by atoms with van der Waals surface area (Å²) in [5, 5.41) is 0. The minimum atomic E-state index is -0.659. The lowest BCUT2D eigenvalue weighted by atomic mass is 9.49. The van der Waals surface area contributed by atoms with Crippen LogP contribution in [0.5, 0.6) is 0 Å². The Kier molecular flexibility index (Phi) is 3.00. The lowest BCUT2D eigenvalue weighted by Gasteiger charge is -2.57. The molecule has 0 amide bonds. The SMILES string of the molecule is C[C@]12C=CC(=O)C=C1CC[C@@H]1[C@@H]2CC[C@]2(C)OC(=O)C(=O)C[C@@H]12. The zero-order chi connectivity index (χ0) is 16.4. The third kappa shape index (κ3) is 2.00. The lowest BCUT2D eigenvalue weighted by Crippen LogP contribution is -2.58. The maximum atomic E-state index is 11.9. The Labute approximate surface area is 136 Å². The first-order valence-electron chi connectivity index (χ1n) is 8.54. The van der Waals surface area contributed by atoms with E-state index in [1.54, 1.807) is 12.2 Å². The Balaban J connectivity index is 1.70. The Morgan fingerprint density at radius 1 is 1.13 bits per heavy atom. The molecular formula is C19H22O4. The van der Waals surface area contributed by atoms with Crippen molar-refractivity contribution in [1.29, 1.82) is 0 Å². The van der Waals surface area contributed by atoms with Crippen LogP contribution < -0.4 is 0 Å². The third-order valence-electron chi connectivity index (χ3n) is 6.85. The van der Waals surface area contributed by atoms with Crippen LogP contribution in [0.15, 0.2) is 23.8 Å². The first-order chi connectivity index (χ1) is 10.8. The fourth-order valence-electron chi connectivity index (χ4n) is 5.53. The molecule has 0 spiro atoms. The molecule has 3 fully saturated rings. The highest BCUT2D eigenvalue weighted by atomic mass is 16.6. The molecule has 4 rings (SSSR count). The highest BCUT2D eigenvalue weighted by molar-refractivity contribution is 6.34. The van der Waals surface area contributed by atoms with Gasteiger partial charge < -0.3 is 4.74 Å². The van der Waals surface area contributed by atoms with Crippen LogP contribution in [0.2, 0.25) is 0 Å². The van der Waals surface area contributed by atoms with Gasteiger partial charge in [-0.05, 0) is 56.6 Å². The number of carbonyl (C=O) groups is 3. The van der Waals surface area contributed by atoms with Gasteiger partial charge in [0, 0.05) is 17.8 Å². The second-order valence-electron chi connectivity index (χ2n) is 7.97. The highest BCUT2D eigenvalue weighted by Crippen LogP contribution is 2.60. The van der Waals surface area contributed by atoms with Crippen LogP contribution in [0, 0.1) is 23.2 Å².